The van der Waals surface area contributed by atoms with Gasteiger partial charge in [-0.3, -0.25) is 14.4 Å². The minimum absolute atomic E-state index is 0.0160. The summed E-state index contributed by atoms with van der Waals surface area (Å²) >= 11 is 0. The Morgan fingerprint density at radius 2 is 1.72 bits per heavy atom. The number of carbonyl (C=O) groups is 2. The molecule has 1 aromatic heterocycles. The van der Waals surface area contributed by atoms with Gasteiger partial charge in [-0.15, -0.1) is 0 Å². The van der Waals surface area contributed by atoms with E-state index >= 15 is 0 Å². The number of rotatable bonds is 9. The van der Waals surface area contributed by atoms with E-state index in [2.05, 4.69) is 15.7 Å². The van der Waals surface area contributed by atoms with Crippen molar-refractivity contribution in [3.63, 3.8) is 0 Å². The highest BCUT2D eigenvalue weighted by Gasteiger charge is 2.12. The van der Waals surface area contributed by atoms with Crippen molar-refractivity contribution in [2.75, 3.05) is 26.1 Å². The van der Waals surface area contributed by atoms with Crippen molar-refractivity contribution in [1.29, 1.82) is 0 Å². The summed E-state index contributed by atoms with van der Waals surface area (Å²) in [4.78, 5) is 36.9. The van der Waals surface area contributed by atoms with E-state index in [9.17, 15) is 14.4 Å². The Balaban J connectivity index is 1.59. The first-order valence-corrected chi connectivity index (χ1v) is 9.92. The quantitative estimate of drug-likeness (QED) is 0.530. The van der Waals surface area contributed by atoms with Crippen LogP contribution in [0, 0.1) is 0 Å². The van der Waals surface area contributed by atoms with E-state index in [1.165, 1.54) is 12.1 Å². The monoisotopic (exact) mass is 436 g/mol. The first-order valence-electron chi connectivity index (χ1n) is 9.92. The molecule has 166 valence electrons. The van der Waals surface area contributed by atoms with Gasteiger partial charge in [-0.05, 0) is 48.4 Å². The molecule has 9 heteroatoms. The molecule has 2 aromatic carbocycles. The standard InChI is InChI=1S/C23H24N4O5/c1-31-18-9-7-17(8-10-18)25-23(30)19-11-12-22(29)27(26-19)15-21(28)24-14-13-16-5-3-4-6-20(16)32-2/h3-12H,13-15H2,1-2H3,(H,24,28)(H,25,30). The third-order valence-corrected chi connectivity index (χ3v) is 4.65. The van der Waals surface area contributed by atoms with Crippen molar-refractivity contribution in [2.45, 2.75) is 13.0 Å². The number of hydrogen-bond acceptors (Lipinski definition) is 6. The summed E-state index contributed by atoms with van der Waals surface area (Å²) in [6.45, 7) is 0.0695. The van der Waals surface area contributed by atoms with E-state index < -0.39 is 11.5 Å². The van der Waals surface area contributed by atoms with E-state index in [-0.39, 0.29) is 18.1 Å². The maximum atomic E-state index is 12.5. The summed E-state index contributed by atoms with van der Waals surface area (Å²) in [7, 11) is 3.14. The van der Waals surface area contributed by atoms with Crippen LogP contribution in [0.3, 0.4) is 0 Å². The Bertz CT molecular complexity index is 1140. The van der Waals surface area contributed by atoms with Crippen LogP contribution in [0.1, 0.15) is 16.1 Å². The molecule has 2 amide bonds. The largest absolute Gasteiger partial charge is 0.497 e. The second kappa shape index (κ2) is 10.8. The molecular formula is C23H24N4O5. The SMILES string of the molecule is COc1ccc(NC(=O)c2ccc(=O)n(CC(=O)NCCc3ccccc3OC)n2)cc1. The molecule has 0 aliphatic heterocycles. The molecule has 0 atom stereocenters. The van der Waals surface area contributed by atoms with Crippen LogP contribution in [-0.2, 0) is 17.8 Å². The zero-order valence-corrected chi connectivity index (χ0v) is 17.8. The number of ether oxygens (including phenoxy) is 2. The molecule has 0 aliphatic carbocycles. The highest BCUT2D eigenvalue weighted by atomic mass is 16.5. The third kappa shape index (κ3) is 5.94. The number of para-hydroxylation sites is 1. The second-order valence-electron chi connectivity index (χ2n) is 6.81. The van der Waals surface area contributed by atoms with Crippen LogP contribution < -0.4 is 25.7 Å². The highest BCUT2D eigenvalue weighted by molar-refractivity contribution is 6.02. The van der Waals surface area contributed by atoms with Crippen LogP contribution in [0.15, 0.2) is 65.5 Å². The van der Waals surface area contributed by atoms with Gasteiger partial charge in [-0.25, -0.2) is 4.68 Å². The molecule has 0 bridgehead atoms. The first kappa shape index (κ1) is 22.5. The van der Waals surface area contributed by atoms with Gasteiger partial charge in [0, 0.05) is 18.3 Å². The second-order valence-corrected chi connectivity index (χ2v) is 6.81. The van der Waals surface area contributed by atoms with Gasteiger partial charge in [0.2, 0.25) is 5.91 Å². The summed E-state index contributed by atoms with van der Waals surface area (Å²) in [6, 6.07) is 16.8. The molecule has 32 heavy (non-hydrogen) atoms. The fraction of sp³-hybridized carbons (Fsp3) is 0.217. The Morgan fingerprint density at radius 1 is 0.969 bits per heavy atom. The van der Waals surface area contributed by atoms with Crippen molar-refractivity contribution >= 4 is 17.5 Å². The van der Waals surface area contributed by atoms with Crippen molar-refractivity contribution in [1.82, 2.24) is 15.1 Å². The normalized spacial score (nSPS) is 10.3. The van der Waals surface area contributed by atoms with Crippen LogP contribution in [0.25, 0.3) is 0 Å². The lowest BCUT2D eigenvalue weighted by Crippen LogP contribution is -2.35. The molecular weight excluding hydrogens is 412 g/mol. The molecule has 0 radical (unpaired) electrons. The van der Waals surface area contributed by atoms with Gasteiger partial charge in [0.05, 0.1) is 14.2 Å². The smallest absolute Gasteiger partial charge is 0.276 e. The van der Waals surface area contributed by atoms with Gasteiger partial charge in [-0.2, -0.15) is 5.10 Å². The topological polar surface area (TPSA) is 112 Å². The summed E-state index contributed by atoms with van der Waals surface area (Å²) < 4.78 is 11.3. The highest BCUT2D eigenvalue weighted by Crippen LogP contribution is 2.17. The minimum Gasteiger partial charge on any atom is -0.497 e. The lowest BCUT2D eigenvalue weighted by Gasteiger charge is -2.10. The summed E-state index contributed by atoms with van der Waals surface area (Å²) in [6.07, 6.45) is 0.572. The van der Waals surface area contributed by atoms with E-state index in [0.29, 0.717) is 24.4 Å². The number of benzene rings is 2. The molecule has 3 rings (SSSR count). The molecule has 3 aromatic rings. The summed E-state index contributed by atoms with van der Waals surface area (Å²) in [5.74, 6) is 0.518. The van der Waals surface area contributed by atoms with Gasteiger partial charge >= 0.3 is 0 Å². The van der Waals surface area contributed by atoms with Crippen molar-refractivity contribution < 1.29 is 19.1 Å². The molecule has 0 aliphatic rings. The predicted molar refractivity (Wildman–Crippen MR) is 119 cm³/mol. The van der Waals surface area contributed by atoms with Gasteiger partial charge in [0.15, 0.2) is 0 Å². The third-order valence-electron chi connectivity index (χ3n) is 4.65. The maximum absolute atomic E-state index is 12.5. The van der Waals surface area contributed by atoms with Gasteiger partial charge in [-0.1, -0.05) is 18.2 Å². The van der Waals surface area contributed by atoms with Crippen LogP contribution in [-0.4, -0.2) is 42.4 Å². The van der Waals surface area contributed by atoms with Gasteiger partial charge in [0.25, 0.3) is 11.5 Å². The van der Waals surface area contributed by atoms with E-state index in [1.807, 2.05) is 24.3 Å². The number of anilines is 1. The Morgan fingerprint density at radius 3 is 2.44 bits per heavy atom. The molecule has 0 spiro atoms. The number of methoxy groups -OCH3 is 2. The minimum atomic E-state index is -0.500. The molecule has 0 fully saturated rings. The van der Waals surface area contributed by atoms with E-state index in [1.54, 1.807) is 38.5 Å². The molecule has 0 unspecified atom stereocenters. The van der Waals surface area contributed by atoms with Crippen molar-refractivity contribution in [3.05, 3.63) is 82.3 Å². The number of nitrogens with zero attached hydrogens (tertiary/aromatic N) is 2. The van der Waals surface area contributed by atoms with Gasteiger partial charge < -0.3 is 20.1 Å². The lowest BCUT2D eigenvalue weighted by atomic mass is 10.1. The van der Waals surface area contributed by atoms with Crippen LogP contribution in [0.4, 0.5) is 5.69 Å². The van der Waals surface area contributed by atoms with Crippen LogP contribution >= 0.6 is 0 Å². The molecule has 2 N–H and O–H groups in total. The fourth-order valence-electron chi connectivity index (χ4n) is 2.99. The van der Waals surface area contributed by atoms with Gasteiger partial charge in [0.1, 0.15) is 23.7 Å². The van der Waals surface area contributed by atoms with Crippen molar-refractivity contribution in [2.24, 2.45) is 0 Å². The van der Waals surface area contributed by atoms with E-state index in [0.717, 1.165) is 16.0 Å². The first-order chi connectivity index (χ1) is 15.5. The Labute approximate surface area is 185 Å². The Kier molecular flexibility index (Phi) is 7.58. The summed E-state index contributed by atoms with van der Waals surface area (Å²) in [5, 5.41) is 9.46. The summed E-state index contributed by atoms with van der Waals surface area (Å²) in [5.41, 5.74) is 1.04. The maximum Gasteiger partial charge on any atom is 0.276 e. The Hall–Kier alpha value is -4.14. The average Bonchev–Trinajstić information content (AvgIpc) is 2.81. The average molecular weight is 436 g/mol. The van der Waals surface area contributed by atoms with Crippen LogP contribution in [0.2, 0.25) is 0 Å². The number of amides is 2. The molecule has 0 saturated heterocycles. The van der Waals surface area contributed by atoms with E-state index in [4.69, 9.17) is 9.47 Å². The number of nitrogens with one attached hydrogen (secondary N) is 2. The molecule has 9 nitrogen and oxygen atoms in total. The zero-order valence-electron chi connectivity index (χ0n) is 17.8. The predicted octanol–water partition coefficient (Wildman–Crippen LogP) is 1.87. The zero-order chi connectivity index (χ0) is 22.9. The molecule has 0 saturated carbocycles. The number of aromatic nitrogens is 2. The van der Waals surface area contributed by atoms with Crippen LogP contribution in [0.5, 0.6) is 11.5 Å². The van der Waals surface area contributed by atoms with Crippen molar-refractivity contribution in [3.8, 4) is 11.5 Å². The fourth-order valence-corrected chi connectivity index (χ4v) is 2.99. The molecule has 1 heterocycles. The number of hydrogen-bond donors (Lipinski definition) is 2. The lowest BCUT2D eigenvalue weighted by molar-refractivity contribution is -0.121. The number of carbonyl (C=O) groups excluding carboxylic acids is 2.